The number of nitro groups is 1. The molecule has 0 saturated heterocycles. The summed E-state index contributed by atoms with van der Waals surface area (Å²) in [7, 11) is -3.45. The second-order valence-corrected chi connectivity index (χ2v) is 6.70. The van der Waals surface area contributed by atoms with E-state index in [1.54, 1.807) is 0 Å². The van der Waals surface area contributed by atoms with Crippen LogP contribution in [0.4, 0.5) is 5.69 Å². The zero-order valence-corrected chi connectivity index (χ0v) is 11.1. The minimum atomic E-state index is -3.45. The monoisotopic (exact) mass is 294 g/mol. The van der Waals surface area contributed by atoms with Gasteiger partial charge in [-0.2, -0.15) is 0 Å². The molecule has 0 fully saturated rings. The molecule has 0 unspecified atom stereocenters. The van der Waals surface area contributed by atoms with Crippen LogP contribution in [0.2, 0.25) is 0 Å². The van der Waals surface area contributed by atoms with Crippen molar-refractivity contribution in [3.05, 3.63) is 44.7 Å². The molecule has 0 aliphatic carbocycles. The zero-order chi connectivity index (χ0) is 14.5. The van der Waals surface area contributed by atoms with E-state index in [2.05, 4.69) is 0 Å². The molecule has 0 saturated carbocycles. The molecule has 1 aliphatic rings. The molecule has 3 rings (SSSR count). The summed E-state index contributed by atoms with van der Waals surface area (Å²) in [5, 5.41) is 11.3. The number of hydrogen-bond acceptors (Lipinski definition) is 5. The molecule has 2 heterocycles. The highest BCUT2D eigenvalue weighted by molar-refractivity contribution is 7.91. The maximum atomic E-state index is 12.3. The van der Waals surface area contributed by atoms with Crippen molar-refractivity contribution < 1.29 is 13.3 Å². The topological polar surface area (TPSA) is 99.3 Å². The lowest BCUT2D eigenvalue weighted by Gasteiger charge is -2.19. The summed E-state index contributed by atoms with van der Waals surface area (Å²) < 4.78 is 25.1. The van der Waals surface area contributed by atoms with Crippen molar-refractivity contribution in [3.8, 4) is 0 Å². The van der Waals surface area contributed by atoms with Gasteiger partial charge in [0.1, 0.15) is 5.03 Å². The van der Waals surface area contributed by atoms with Crippen LogP contribution in [0.15, 0.2) is 34.1 Å². The third kappa shape index (κ3) is 1.80. The van der Waals surface area contributed by atoms with E-state index in [4.69, 9.17) is 0 Å². The molecular formula is C12H10N2O5S. The molecule has 0 bridgehead atoms. The van der Waals surface area contributed by atoms with Crippen LogP contribution in [0.1, 0.15) is 6.42 Å². The summed E-state index contributed by atoms with van der Waals surface area (Å²) >= 11 is 0. The molecule has 0 atom stereocenters. The SMILES string of the molecule is O=c1c2cc([N+](=O)[O-])ccc2cc2n1CCCS2(=O)=O. The van der Waals surface area contributed by atoms with Gasteiger partial charge in [-0.3, -0.25) is 19.5 Å². The molecule has 2 aromatic rings. The molecular weight excluding hydrogens is 284 g/mol. The number of nitrogens with zero attached hydrogens (tertiary/aromatic N) is 2. The Kier molecular flexibility index (Phi) is 2.65. The van der Waals surface area contributed by atoms with Gasteiger partial charge >= 0.3 is 0 Å². The van der Waals surface area contributed by atoms with Crippen LogP contribution in [0.5, 0.6) is 0 Å². The average molecular weight is 294 g/mol. The van der Waals surface area contributed by atoms with Crippen LogP contribution in [0.25, 0.3) is 10.8 Å². The summed E-state index contributed by atoms with van der Waals surface area (Å²) in [6.07, 6.45) is 0.371. The summed E-state index contributed by atoms with van der Waals surface area (Å²) in [6, 6.07) is 5.26. The highest BCUT2D eigenvalue weighted by Gasteiger charge is 2.25. The summed E-state index contributed by atoms with van der Waals surface area (Å²) in [4.78, 5) is 22.5. The van der Waals surface area contributed by atoms with Crippen molar-refractivity contribution in [1.29, 1.82) is 0 Å². The first-order valence-corrected chi connectivity index (χ1v) is 7.60. The van der Waals surface area contributed by atoms with Crippen LogP contribution in [0, 0.1) is 10.1 Å². The van der Waals surface area contributed by atoms with Crippen LogP contribution in [-0.4, -0.2) is 23.7 Å². The smallest absolute Gasteiger partial charge is 0.270 e. The van der Waals surface area contributed by atoms with E-state index in [1.807, 2.05) is 0 Å². The maximum Gasteiger partial charge on any atom is 0.270 e. The Morgan fingerprint density at radius 3 is 2.70 bits per heavy atom. The third-order valence-electron chi connectivity index (χ3n) is 3.38. The van der Waals surface area contributed by atoms with Crippen LogP contribution < -0.4 is 5.56 Å². The molecule has 1 aromatic carbocycles. The zero-order valence-electron chi connectivity index (χ0n) is 10.3. The van der Waals surface area contributed by atoms with E-state index in [0.29, 0.717) is 18.4 Å². The van der Waals surface area contributed by atoms with Gasteiger partial charge in [-0.05, 0) is 23.9 Å². The average Bonchev–Trinajstić information content (AvgIpc) is 2.39. The Morgan fingerprint density at radius 1 is 1.25 bits per heavy atom. The van der Waals surface area contributed by atoms with E-state index in [9.17, 15) is 23.3 Å². The highest BCUT2D eigenvalue weighted by Crippen LogP contribution is 2.24. The van der Waals surface area contributed by atoms with Gasteiger partial charge < -0.3 is 0 Å². The van der Waals surface area contributed by atoms with E-state index < -0.39 is 20.3 Å². The van der Waals surface area contributed by atoms with Crippen molar-refractivity contribution in [1.82, 2.24) is 4.57 Å². The number of nitro benzene ring substituents is 1. The molecule has 1 aromatic heterocycles. The Bertz CT molecular complexity index is 898. The van der Waals surface area contributed by atoms with E-state index in [-0.39, 0.29) is 21.9 Å². The van der Waals surface area contributed by atoms with Crippen molar-refractivity contribution in [2.24, 2.45) is 0 Å². The van der Waals surface area contributed by atoms with Gasteiger partial charge in [0.15, 0.2) is 9.84 Å². The van der Waals surface area contributed by atoms with Crippen LogP contribution >= 0.6 is 0 Å². The fourth-order valence-electron chi connectivity index (χ4n) is 2.41. The molecule has 20 heavy (non-hydrogen) atoms. The predicted octanol–water partition coefficient (Wildman–Crippen LogP) is 1.09. The lowest BCUT2D eigenvalue weighted by molar-refractivity contribution is -0.384. The quantitative estimate of drug-likeness (QED) is 0.579. The first-order chi connectivity index (χ1) is 9.40. The molecule has 8 heteroatoms. The molecule has 1 aliphatic heterocycles. The van der Waals surface area contributed by atoms with Gasteiger partial charge in [0.05, 0.1) is 16.1 Å². The van der Waals surface area contributed by atoms with Gasteiger partial charge in [-0.15, -0.1) is 0 Å². The minimum absolute atomic E-state index is 0.00453. The largest absolute Gasteiger partial charge is 0.299 e. The first-order valence-electron chi connectivity index (χ1n) is 5.95. The van der Waals surface area contributed by atoms with Crippen molar-refractivity contribution >= 4 is 26.3 Å². The van der Waals surface area contributed by atoms with Gasteiger partial charge in [0.25, 0.3) is 11.2 Å². The molecule has 0 amide bonds. The van der Waals surface area contributed by atoms with E-state index >= 15 is 0 Å². The molecule has 0 spiro atoms. The lowest BCUT2D eigenvalue weighted by atomic mass is 10.1. The fourth-order valence-corrected chi connectivity index (χ4v) is 3.95. The second kappa shape index (κ2) is 4.14. The predicted molar refractivity (Wildman–Crippen MR) is 71.5 cm³/mol. The first kappa shape index (κ1) is 12.8. The molecule has 0 N–H and O–H groups in total. The normalized spacial score (nSPS) is 16.8. The van der Waals surface area contributed by atoms with E-state index in [1.165, 1.54) is 28.8 Å². The van der Waals surface area contributed by atoms with Crippen LogP contribution in [-0.2, 0) is 16.4 Å². The summed E-state index contributed by atoms with van der Waals surface area (Å²) in [5.41, 5.74) is -0.682. The number of non-ortho nitro benzene ring substituents is 1. The molecule has 7 nitrogen and oxygen atoms in total. The highest BCUT2D eigenvalue weighted by atomic mass is 32.2. The number of rotatable bonds is 1. The number of sulfone groups is 1. The Labute approximate surface area is 113 Å². The second-order valence-electron chi connectivity index (χ2n) is 4.64. The van der Waals surface area contributed by atoms with Gasteiger partial charge in [0.2, 0.25) is 0 Å². The maximum absolute atomic E-state index is 12.3. The van der Waals surface area contributed by atoms with Crippen molar-refractivity contribution in [3.63, 3.8) is 0 Å². The number of benzene rings is 1. The van der Waals surface area contributed by atoms with Crippen molar-refractivity contribution in [2.45, 2.75) is 18.0 Å². The molecule has 104 valence electrons. The van der Waals surface area contributed by atoms with Gasteiger partial charge in [0, 0.05) is 18.7 Å². The Hall–Kier alpha value is -2.22. The van der Waals surface area contributed by atoms with Crippen LogP contribution in [0.3, 0.4) is 0 Å². The standard InChI is InChI=1S/C12H10N2O5S/c15-12-10-7-9(14(16)17)3-2-8(10)6-11-13(12)4-1-5-20(11,18)19/h2-3,6-7H,1,4-5H2. The number of aromatic nitrogens is 1. The number of pyridine rings is 1. The van der Waals surface area contributed by atoms with Crippen molar-refractivity contribution in [2.75, 3.05) is 5.75 Å². The lowest BCUT2D eigenvalue weighted by Crippen LogP contribution is -2.31. The molecule has 0 radical (unpaired) electrons. The minimum Gasteiger partial charge on any atom is -0.299 e. The summed E-state index contributed by atoms with van der Waals surface area (Å²) in [5.74, 6) is 0.0188. The van der Waals surface area contributed by atoms with Gasteiger partial charge in [-0.1, -0.05) is 0 Å². The van der Waals surface area contributed by atoms with Gasteiger partial charge in [-0.25, -0.2) is 8.42 Å². The Balaban J connectivity index is 2.42. The summed E-state index contributed by atoms with van der Waals surface area (Å²) in [6.45, 7) is 0.312. The Morgan fingerprint density at radius 2 is 2.00 bits per heavy atom. The van der Waals surface area contributed by atoms with E-state index in [0.717, 1.165) is 0 Å². The number of hydrogen-bond donors (Lipinski definition) is 0. The number of fused-ring (bicyclic) bond motifs is 2. The fraction of sp³-hybridized carbons (Fsp3) is 0.250. The third-order valence-corrected chi connectivity index (χ3v) is 5.18.